The maximum atomic E-state index is 5.76. The van der Waals surface area contributed by atoms with Gasteiger partial charge >= 0.3 is 0 Å². The molecule has 2 nitrogen and oxygen atoms in total. The standard InChI is InChI=1S/C13H30N2/c1-11(2)8-12(9-14)6-7-15-10-13(3,4)5/h11-12,15H,6-10,14H2,1-5H3. The van der Waals surface area contributed by atoms with E-state index in [-0.39, 0.29) is 0 Å². The van der Waals surface area contributed by atoms with Gasteiger partial charge in [0.25, 0.3) is 0 Å². The zero-order chi connectivity index (χ0) is 11.9. The summed E-state index contributed by atoms with van der Waals surface area (Å²) < 4.78 is 0. The molecule has 0 radical (unpaired) electrons. The maximum Gasteiger partial charge on any atom is -0.0000123 e. The molecular weight excluding hydrogens is 184 g/mol. The summed E-state index contributed by atoms with van der Waals surface area (Å²) >= 11 is 0. The molecule has 0 amide bonds. The van der Waals surface area contributed by atoms with Gasteiger partial charge in [-0.25, -0.2) is 0 Å². The summed E-state index contributed by atoms with van der Waals surface area (Å²) in [5.74, 6) is 1.46. The topological polar surface area (TPSA) is 38.0 Å². The van der Waals surface area contributed by atoms with Gasteiger partial charge in [0.1, 0.15) is 0 Å². The number of hydrogen-bond donors (Lipinski definition) is 2. The van der Waals surface area contributed by atoms with Gasteiger partial charge in [0.2, 0.25) is 0 Å². The highest BCUT2D eigenvalue weighted by molar-refractivity contribution is 4.67. The normalized spacial score (nSPS) is 14.6. The number of hydrogen-bond acceptors (Lipinski definition) is 2. The highest BCUT2D eigenvalue weighted by atomic mass is 14.9. The molecule has 0 saturated heterocycles. The van der Waals surface area contributed by atoms with Crippen LogP contribution in [0, 0.1) is 17.3 Å². The largest absolute Gasteiger partial charge is 0.330 e. The first-order valence-corrected chi connectivity index (χ1v) is 6.26. The van der Waals surface area contributed by atoms with Crippen LogP contribution in [-0.2, 0) is 0 Å². The van der Waals surface area contributed by atoms with E-state index in [1.807, 2.05) is 0 Å². The zero-order valence-corrected chi connectivity index (χ0v) is 11.3. The molecule has 0 spiro atoms. The molecule has 0 bridgehead atoms. The first-order valence-electron chi connectivity index (χ1n) is 6.26. The van der Waals surface area contributed by atoms with E-state index < -0.39 is 0 Å². The van der Waals surface area contributed by atoms with Gasteiger partial charge in [-0.15, -0.1) is 0 Å². The first kappa shape index (κ1) is 14.9. The van der Waals surface area contributed by atoms with E-state index in [4.69, 9.17) is 5.73 Å². The van der Waals surface area contributed by atoms with Crippen LogP contribution in [0.2, 0.25) is 0 Å². The Morgan fingerprint density at radius 3 is 2.20 bits per heavy atom. The Morgan fingerprint density at radius 1 is 1.20 bits per heavy atom. The monoisotopic (exact) mass is 214 g/mol. The molecule has 0 saturated carbocycles. The van der Waals surface area contributed by atoms with E-state index in [1.165, 1.54) is 12.8 Å². The van der Waals surface area contributed by atoms with Crippen LogP contribution >= 0.6 is 0 Å². The van der Waals surface area contributed by atoms with Gasteiger partial charge in [0, 0.05) is 0 Å². The van der Waals surface area contributed by atoms with Gasteiger partial charge in [-0.3, -0.25) is 0 Å². The van der Waals surface area contributed by atoms with Crippen LogP contribution < -0.4 is 11.1 Å². The minimum atomic E-state index is 0.385. The molecule has 0 fully saturated rings. The maximum absolute atomic E-state index is 5.76. The van der Waals surface area contributed by atoms with E-state index >= 15 is 0 Å². The summed E-state index contributed by atoms with van der Waals surface area (Å²) in [5.41, 5.74) is 6.15. The summed E-state index contributed by atoms with van der Waals surface area (Å²) in [6.07, 6.45) is 2.47. The fourth-order valence-electron chi connectivity index (χ4n) is 1.77. The highest BCUT2D eigenvalue weighted by Crippen LogP contribution is 2.14. The van der Waals surface area contributed by atoms with E-state index in [0.717, 1.165) is 25.6 Å². The van der Waals surface area contributed by atoms with Gasteiger partial charge in [0.15, 0.2) is 0 Å². The molecule has 0 aliphatic heterocycles. The predicted octanol–water partition coefficient (Wildman–Crippen LogP) is 2.63. The molecule has 0 heterocycles. The molecule has 1 unspecified atom stereocenters. The molecule has 0 aliphatic carbocycles. The molecular formula is C13H30N2. The van der Waals surface area contributed by atoms with Gasteiger partial charge in [-0.05, 0) is 49.7 Å². The minimum Gasteiger partial charge on any atom is -0.330 e. The number of nitrogens with two attached hydrogens (primary N) is 1. The Balaban J connectivity index is 3.55. The minimum absolute atomic E-state index is 0.385. The van der Waals surface area contributed by atoms with E-state index in [1.54, 1.807) is 0 Å². The van der Waals surface area contributed by atoms with Crippen LogP contribution in [0.4, 0.5) is 0 Å². The summed E-state index contributed by atoms with van der Waals surface area (Å²) in [4.78, 5) is 0. The predicted molar refractivity (Wildman–Crippen MR) is 68.9 cm³/mol. The second-order valence-electron chi connectivity index (χ2n) is 6.26. The van der Waals surface area contributed by atoms with Crippen molar-refractivity contribution in [1.82, 2.24) is 5.32 Å². The lowest BCUT2D eigenvalue weighted by Crippen LogP contribution is -2.30. The number of nitrogens with one attached hydrogen (secondary N) is 1. The summed E-state index contributed by atoms with van der Waals surface area (Å²) in [6, 6.07) is 0. The van der Waals surface area contributed by atoms with Gasteiger partial charge < -0.3 is 11.1 Å². The van der Waals surface area contributed by atoms with Crippen molar-refractivity contribution in [3.63, 3.8) is 0 Å². The summed E-state index contributed by atoms with van der Waals surface area (Å²) in [5, 5.41) is 3.51. The molecule has 0 aromatic heterocycles. The van der Waals surface area contributed by atoms with E-state index in [2.05, 4.69) is 39.9 Å². The van der Waals surface area contributed by atoms with Crippen molar-refractivity contribution >= 4 is 0 Å². The van der Waals surface area contributed by atoms with Crippen molar-refractivity contribution < 1.29 is 0 Å². The van der Waals surface area contributed by atoms with Gasteiger partial charge in [-0.1, -0.05) is 34.6 Å². The number of rotatable bonds is 7. The summed E-state index contributed by atoms with van der Waals surface area (Å²) in [6.45, 7) is 14.3. The van der Waals surface area contributed by atoms with Crippen LogP contribution in [0.3, 0.4) is 0 Å². The summed E-state index contributed by atoms with van der Waals surface area (Å²) in [7, 11) is 0. The van der Waals surface area contributed by atoms with Gasteiger partial charge in [-0.2, -0.15) is 0 Å². The fraction of sp³-hybridized carbons (Fsp3) is 1.00. The highest BCUT2D eigenvalue weighted by Gasteiger charge is 2.11. The van der Waals surface area contributed by atoms with Gasteiger partial charge in [0.05, 0.1) is 0 Å². The third kappa shape index (κ3) is 10.2. The van der Waals surface area contributed by atoms with Crippen LogP contribution in [0.25, 0.3) is 0 Å². The van der Waals surface area contributed by atoms with Crippen LogP contribution in [-0.4, -0.2) is 19.6 Å². The van der Waals surface area contributed by atoms with Crippen molar-refractivity contribution in [3.05, 3.63) is 0 Å². The van der Waals surface area contributed by atoms with Crippen LogP contribution in [0.1, 0.15) is 47.5 Å². The zero-order valence-electron chi connectivity index (χ0n) is 11.3. The average Bonchev–Trinajstić information content (AvgIpc) is 2.08. The Labute approximate surface area is 96.0 Å². The molecule has 2 heteroatoms. The molecule has 15 heavy (non-hydrogen) atoms. The van der Waals surface area contributed by atoms with Crippen molar-refractivity contribution in [1.29, 1.82) is 0 Å². The van der Waals surface area contributed by atoms with Crippen LogP contribution in [0.15, 0.2) is 0 Å². The molecule has 1 atom stereocenters. The SMILES string of the molecule is CC(C)CC(CN)CCNCC(C)(C)C. The average molecular weight is 214 g/mol. The molecule has 0 aromatic rings. The lowest BCUT2D eigenvalue weighted by Gasteiger charge is -2.21. The van der Waals surface area contributed by atoms with E-state index in [0.29, 0.717) is 11.3 Å². The third-order valence-corrected chi connectivity index (χ3v) is 2.52. The quantitative estimate of drug-likeness (QED) is 0.639. The first-order chi connectivity index (χ1) is 6.85. The fourth-order valence-corrected chi connectivity index (χ4v) is 1.77. The Bertz CT molecular complexity index is 147. The van der Waals surface area contributed by atoms with Crippen molar-refractivity contribution in [3.8, 4) is 0 Å². The Kier molecular flexibility index (Phi) is 7.20. The second-order valence-corrected chi connectivity index (χ2v) is 6.26. The smallest absolute Gasteiger partial charge is 0.0000123 e. The van der Waals surface area contributed by atoms with Crippen molar-refractivity contribution in [2.24, 2.45) is 23.0 Å². The van der Waals surface area contributed by atoms with Crippen LogP contribution in [0.5, 0.6) is 0 Å². The third-order valence-electron chi connectivity index (χ3n) is 2.52. The molecule has 92 valence electrons. The molecule has 0 aromatic carbocycles. The molecule has 3 N–H and O–H groups in total. The lowest BCUT2D eigenvalue weighted by molar-refractivity contribution is 0.348. The lowest BCUT2D eigenvalue weighted by atomic mass is 9.93. The molecule has 0 aliphatic rings. The molecule has 0 rings (SSSR count). The second kappa shape index (κ2) is 7.24. The Morgan fingerprint density at radius 2 is 1.80 bits per heavy atom. The van der Waals surface area contributed by atoms with Crippen molar-refractivity contribution in [2.75, 3.05) is 19.6 Å². The Hall–Kier alpha value is -0.0800. The van der Waals surface area contributed by atoms with E-state index in [9.17, 15) is 0 Å². The van der Waals surface area contributed by atoms with Crippen molar-refractivity contribution in [2.45, 2.75) is 47.5 Å².